The first-order chi connectivity index (χ1) is 11.5. The Morgan fingerprint density at radius 2 is 1.79 bits per heavy atom. The lowest BCUT2D eigenvalue weighted by molar-refractivity contribution is -0.131. The molecule has 1 amide bonds. The van der Waals surface area contributed by atoms with Crippen LogP contribution in [0, 0.1) is 6.92 Å². The molecule has 6 nitrogen and oxygen atoms in total. The summed E-state index contributed by atoms with van der Waals surface area (Å²) in [7, 11) is 1.71. The molecule has 24 heavy (non-hydrogen) atoms. The van der Waals surface area contributed by atoms with Crippen molar-refractivity contribution < 1.29 is 9.21 Å². The van der Waals surface area contributed by atoms with Gasteiger partial charge in [0.15, 0.2) is 0 Å². The number of fused-ring (bicyclic) bond motifs is 1. The molecule has 0 atom stereocenters. The van der Waals surface area contributed by atoms with Crippen LogP contribution in [0.2, 0.25) is 0 Å². The number of aryl methyl sites for hydroxylation is 2. The van der Waals surface area contributed by atoms with Gasteiger partial charge in [-0.3, -0.25) is 13.9 Å². The quantitative estimate of drug-likeness (QED) is 0.723. The number of amides is 1. The lowest BCUT2D eigenvalue weighted by Crippen LogP contribution is -2.34. The number of benzene rings is 1. The van der Waals surface area contributed by atoms with E-state index in [1.165, 1.54) is 4.57 Å². The maximum Gasteiger partial charge on any atom is 0.329 e. The molecule has 0 aliphatic heterocycles. The van der Waals surface area contributed by atoms with Gasteiger partial charge >= 0.3 is 5.69 Å². The summed E-state index contributed by atoms with van der Waals surface area (Å²) < 4.78 is 8.72. The van der Waals surface area contributed by atoms with E-state index in [0.717, 1.165) is 22.6 Å². The number of imidazole rings is 1. The van der Waals surface area contributed by atoms with Crippen LogP contribution in [-0.2, 0) is 24.4 Å². The maximum atomic E-state index is 12.6. The third-order valence-corrected chi connectivity index (χ3v) is 4.15. The van der Waals surface area contributed by atoms with E-state index in [2.05, 4.69) is 0 Å². The van der Waals surface area contributed by atoms with Crippen LogP contribution >= 0.6 is 0 Å². The van der Waals surface area contributed by atoms with Crippen molar-refractivity contribution in [2.45, 2.75) is 33.5 Å². The summed E-state index contributed by atoms with van der Waals surface area (Å²) in [4.78, 5) is 26.7. The predicted molar refractivity (Wildman–Crippen MR) is 91.8 cm³/mol. The van der Waals surface area contributed by atoms with Crippen molar-refractivity contribution in [3.05, 3.63) is 58.4 Å². The second kappa shape index (κ2) is 6.39. The van der Waals surface area contributed by atoms with Gasteiger partial charge in [-0.25, -0.2) is 4.79 Å². The maximum absolute atomic E-state index is 12.6. The fraction of sp³-hybridized carbons (Fsp3) is 0.333. The number of carbonyl (C=O) groups excluding carboxylic acids is 1. The Balaban J connectivity index is 1.85. The molecule has 3 rings (SSSR count). The second-order valence-electron chi connectivity index (χ2n) is 5.86. The van der Waals surface area contributed by atoms with Crippen LogP contribution in [0.15, 0.2) is 45.6 Å². The highest BCUT2D eigenvalue weighted by Crippen LogP contribution is 2.13. The van der Waals surface area contributed by atoms with E-state index in [9.17, 15) is 9.59 Å². The number of para-hydroxylation sites is 2. The number of rotatable bonds is 5. The number of nitrogens with zero attached hydrogens (tertiary/aromatic N) is 3. The molecule has 6 heteroatoms. The molecule has 0 aliphatic carbocycles. The molecule has 1 aromatic carbocycles. The molecule has 0 unspecified atom stereocenters. The zero-order chi connectivity index (χ0) is 17.3. The molecule has 0 saturated carbocycles. The SMILES string of the molecule is CCn1c(=O)n(CC(=O)N(C)Cc2ccc(C)o2)c2ccccc21. The van der Waals surface area contributed by atoms with Gasteiger partial charge in [-0.2, -0.15) is 0 Å². The number of likely N-dealkylation sites (N-methyl/N-ethyl adjacent to an activating group) is 1. The smallest absolute Gasteiger partial charge is 0.329 e. The van der Waals surface area contributed by atoms with Gasteiger partial charge in [0.2, 0.25) is 5.91 Å². The highest BCUT2D eigenvalue weighted by atomic mass is 16.3. The summed E-state index contributed by atoms with van der Waals surface area (Å²) in [6.07, 6.45) is 0. The molecule has 0 spiro atoms. The van der Waals surface area contributed by atoms with Crippen LogP contribution in [0.4, 0.5) is 0 Å². The normalized spacial score (nSPS) is 11.1. The number of aromatic nitrogens is 2. The third-order valence-electron chi connectivity index (χ3n) is 4.15. The zero-order valence-corrected chi connectivity index (χ0v) is 14.2. The largest absolute Gasteiger partial charge is 0.464 e. The van der Waals surface area contributed by atoms with E-state index in [4.69, 9.17) is 4.42 Å². The first-order valence-corrected chi connectivity index (χ1v) is 7.98. The molecule has 0 fully saturated rings. The van der Waals surface area contributed by atoms with Crippen LogP contribution in [0.1, 0.15) is 18.4 Å². The van der Waals surface area contributed by atoms with E-state index in [-0.39, 0.29) is 18.1 Å². The highest BCUT2D eigenvalue weighted by Gasteiger charge is 2.17. The van der Waals surface area contributed by atoms with E-state index in [0.29, 0.717) is 13.1 Å². The van der Waals surface area contributed by atoms with E-state index in [1.54, 1.807) is 16.5 Å². The van der Waals surface area contributed by atoms with Crippen molar-refractivity contribution in [1.82, 2.24) is 14.0 Å². The summed E-state index contributed by atoms with van der Waals surface area (Å²) in [5.41, 5.74) is 1.47. The summed E-state index contributed by atoms with van der Waals surface area (Å²) in [6.45, 7) is 4.76. The molecule has 126 valence electrons. The number of furan rings is 1. The van der Waals surface area contributed by atoms with Crippen molar-refractivity contribution in [3.8, 4) is 0 Å². The molecule has 0 radical (unpaired) electrons. The summed E-state index contributed by atoms with van der Waals surface area (Å²) in [5, 5.41) is 0. The third kappa shape index (κ3) is 2.87. The molecule has 0 bridgehead atoms. The Hall–Kier alpha value is -2.76. The average molecular weight is 327 g/mol. The van der Waals surface area contributed by atoms with Crippen molar-refractivity contribution in [2.24, 2.45) is 0 Å². The fourth-order valence-corrected chi connectivity index (χ4v) is 2.88. The van der Waals surface area contributed by atoms with Gasteiger partial charge in [0, 0.05) is 13.6 Å². The molecular weight excluding hydrogens is 306 g/mol. The van der Waals surface area contributed by atoms with E-state index in [1.807, 2.05) is 50.2 Å². The average Bonchev–Trinajstić information content (AvgIpc) is 3.09. The number of hydrogen-bond donors (Lipinski definition) is 0. The van der Waals surface area contributed by atoms with Crippen molar-refractivity contribution in [1.29, 1.82) is 0 Å². The number of hydrogen-bond acceptors (Lipinski definition) is 3. The van der Waals surface area contributed by atoms with Gasteiger partial charge in [-0.05, 0) is 38.1 Å². The van der Waals surface area contributed by atoms with Crippen LogP contribution < -0.4 is 5.69 Å². The molecule has 2 aromatic heterocycles. The van der Waals surface area contributed by atoms with Gasteiger partial charge in [0.05, 0.1) is 17.6 Å². The van der Waals surface area contributed by atoms with Gasteiger partial charge in [0.1, 0.15) is 18.1 Å². The molecule has 0 N–H and O–H groups in total. The Morgan fingerprint density at radius 1 is 1.12 bits per heavy atom. The molecule has 0 saturated heterocycles. The van der Waals surface area contributed by atoms with Crippen molar-refractivity contribution in [2.75, 3.05) is 7.05 Å². The Bertz CT molecular complexity index is 933. The topological polar surface area (TPSA) is 60.4 Å². The summed E-state index contributed by atoms with van der Waals surface area (Å²) in [6, 6.07) is 11.3. The zero-order valence-electron chi connectivity index (χ0n) is 14.2. The monoisotopic (exact) mass is 327 g/mol. The van der Waals surface area contributed by atoms with Crippen LogP contribution in [0.25, 0.3) is 11.0 Å². The lowest BCUT2D eigenvalue weighted by Gasteiger charge is -2.16. The first-order valence-electron chi connectivity index (χ1n) is 7.98. The highest BCUT2D eigenvalue weighted by molar-refractivity contribution is 5.80. The van der Waals surface area contributed by atoms with Gasteiger partial charge < -0.3 is 9.32 Å². The Kier molecular flexibility index (Phi) is 4.29. The molecule has 2 heterocycles. The fourth-order valence-electron chi connectivity index (χ4n) is 2.88. The second-order valence-corrected chi connectivity index (χ2v) is 5.86. The van der Waals surface area contributed by atoms with Crippen LogP contribution in [0.5, 0.6) is 0 Å². The van der Waals surface area contributed by atoms with E-state index >= 15 is 0 Å². The standard InChI is InChI=1S/C18H21N3O3/c1-4-20-15-7-5-6-8-16(15)21(18(20)23)12-17(22)19(3)11-14-10-9-13(2)24-14/h5-10H,4,11-12H2,1-3H3. The van der Waals surface area contributed by atoms with Crippen molar-refractivity contribution in [3.63, 3.8) is 0 Å². The minimum Gasteiger partial charge on any atom is -0.464 e. The minimum atomic E-state index is -0.158. The Labute approximate surface area is 139 Å². The van der Waals surface area contributed by atoms with Gasteiger partial charge in [0.25, 0.3) is 0 Å². The lowest BCUT2D eigenvalue weighted by atomic mass is 10.3. The van der Waals surface area contributed by atoms with E-state index < -0.39 is 0 Å². The molecular formula is C18H21N3O3. The molecule has 3 aromatic rings. The van der Waals surface area contributed by atoms with Crippen LogP contribution in [0.3, 0.4) is 0 Å². The minimum absolute atomic E-state index is 0.0164. The van der Waals surface area contributed by atoms with Crippen LogP contribution in [-0.4, -0.2) is 27.0 Å². The molecule has 0 aliphatic rings. The van der Waals surface area contributed by atoms with Gasteiger partial charge in [-0.15, -0.1) is 0 Å². The summed E-state index contributed by atoms with van der Waals surface area (Å²) in [5.74, 6) is 1.41. The number of carbonyl (C=O) groups is 1. The van der Waals surface area contributed by atoms with Gasteiger partial charge in [-0.1, -0.05) is 12.1 Å². The first kappa shape index (κ1) is 16.1. The summed E-state index contributed by atoms with van der Waals surface area (Å²) >= 11 is 0. The Morgan fingerprint density at radius 3 is 2.38 bits per heavy atom. The van der Waals surface area contributed by atoms with Crippen molar-refractivity contribution >= 4 is 16.9 Å². The predicted octanol–water partition coefficient (Wildman–Crippen LogP) is 2.38.